The number of fused-ring (bicyclic) bond motifs is 1. The maximum absolute atomic E-state index is 13.2. The predicted octanol–water partition coefficient (Wildman–Crippen LogP) is 4.75. The summed E-state index contributed by atoms with van der Waals surface area (Å²) < 4.78 is 13.2. The molecule has 0 spiro atoms. The molecular weight excluding hydrogens is 327 g/mol. The molecule has 1 unspecified atom stereocenters. The number of amides is 1. The summed E-state index contributed by atoms with van der Waals surface area (Å²) in [6, 6.07) is 16.3. The van der Waals surface area contributed by atoms with E-state index in [4.69, 9.17) is 0 Å². The Hall–Kier alpha value is -3.01. The van der Waals surface area contributed by atoms with E-state index in [1.54, 1.807) is 24.4 Å². The van der Waals surface area contributed by atoms with Gasteiger partial charge in [-0.3, -0.25) is 9.78 Å². The maximum Gasteiger partial charge on any atom is 0.247 e. The van der Waals surface area contributed by atoms with Crippen LogP contribution in [0.25, 0.3) is 17.0 Å². The molecule has 3 aromatic rings. The standard InChI is InChI=1S/C22H19FN2O/c23-19-11-8-16(9-12-19)20-7-3-15-25(20)21(26)13-10-18-5-1-4-17-6-2-14-24-22(17)18/h1-2,4-6,8-14,20H,3,7,15H2/b13-10+. The van der Waals surface area contributed by atoms with Crippen LogP contribution in [0.3, 0.4) is 0 Å². The fraction of sp³-hybridized carbons (Fsp3) is 0.182. The lowest BCUT2D eigenvalue weighted by Gasteiger charge is -2.23. The summed E-state index contributed by atoms with van der Waals surface area (Å²) in [5.74, 6) is -0.280. The zero-order valence-electron chi connectivity index (χ0n) is 14.3. The molecule has 1 saturated heterocycles. The minimum atomic E-state index is -0.257. The van der Waals surface area contributed by atoms with Crippen molar-refractivity contribution in [3.05, 3.63) is 83.8 Å². The van der Waals surface area contributed by atoms with Crippen molar-refractivity contribution in [2.75, 3.05) is 6.54 Å². The van der Waals surface area contributed by atoms with Crippen molar-refractivity contribution >= 4 is 22.9 Å². The van der Waals surface area contributed by atoms with Crippen LogP contribution in [0.2, 0.25) is 0 Å². The van der Waals surface area contributed by atoms with E-state index in [9.17, 15) is 9.18 Å². The van der Waals surface area contributed by atoms with E-state index < -0.39 is 0 Å². The van der Waals surface area contributed by atoms with Gasteiger partial charge in [0.05, 0.1) is 11.6 Å². The van der Waals surface area contributed by atoms with Crippen LogP contribution in [-0.2, 0) is 4.79 Å². The lowest BCUT2D eigenvalue weighted by molar-refractivity contribution is -0.126. The van der Waals surface area contributed by atoms with E-state index in [0.29, 0.717) is 0 Å². The number of benzene rings is 2. The normalized spacial score (nSPS) is 17.3. The number of pyridine rings is 1. The first-order valence-electron chi connectivity index (χ1n) is 8.80. The van der Waals surface area contributed by atoms with Crippen LogP contribution in [0.1, 0.15) is 30.0 Å². The molecule has 0 saturated carbocycles. The van der Waals surface area contributed by atoms with Crippen LogP contribution >= 0.6 is 0 Å². The van der Waals surface area contributed by atoms with Gasteiger partial charge in [-0.1, -0.05) is 36.4 Å². The largest absolute Gasteiger partial charge is 0.332 e. The highest BCUT2D eigenvalue weighted by Gasteiger charge is 2.28. The first kappa shape index (κ1) is 16.5. The van der Waals surface area contributed by atoms with Gasteiger partial charge in [-0.2, -0.15) is 0 Å². The number of aromatic nitrogens is 1. The lowest BCUT2D eigenvalue weighted by atomic mass is 10.0. The number of nitrogens with zero attached hydrogens (tertiary/aromatic N) is 2. The second-order valence-electron chi connectivity index (χ2n) is 6.50. The Kier molecular flexibility index (Phi) is 4.48. The predicted molar refractivity (Wildman–Crippen MR) is 101 cm³/mol. The summed E-state index contributed by atoms with van der Waals surface area (Å²) in [5.41, 5.74) is 2.79. The van der Waals surface area contributed by atoms with Gasteiger partial charge >= 0.3 is 0 Å². The third-order valence-electron chi connectivity index (χ3n) is 4.86. The highest BCUT2D eigenvalue weighted by molar-refractivity contribution is 5.95. The molecule has 0 aliphatic carbocycles. The molecule has 130 valence electrons. The number of hydrogen-bond acceptors (Lipinski definition) is 2. The van der Waals surface area contributed by atoms with Gasteiger partial charge in [0, 0.05) is 29.8 Å². The van der Waals surface area contributed by atoms with Crippen LogP contribution in [0.15, 0.2) is 66.9 Å². The van der Waals surface area contributed by atoms with Crippen molar-refractivity contribution in [3.8, 4) is 0 Å². The molecule has 1 atom stereocenters. The van der Waals surface area contributed by atoms with Crippen molar-refractivity contribution in [1.29, 1.82) is 0 Å². The number of likely N-dealkylation sites (tertiary alicyclic amines) is 1. The Labute approximate surface area is 151 Å². The van der Waals surface area contributed by atoms with E-state index >= 15 is 0 Å². The SMILES string of the molecule is O=C(/C=C/c1cccc2cccnc12)N1CCCC1c1ccc(F)cc1. The Morgan fingerprint density at radius 3 is 2.77 bits per heavy atom. The Morgan fingerprint density at radius 1 is 1.12 bits per heavy atom. The number of halogens is 1. The van der Waals surface area contributed by atoms with Gasteiger partial charge in [-0.05, 0) is 42.7 Å². The van der Waals surface area contributed by atoms with Crippen LogP contribution in [0, 0.1) is 5.82 Å². The summed E-state index contributed by atoms with van der Waals surface area (Å²) in [5, 5.41) is 1.05. The zero-order valence-corrected chi connectivity index (χ0v) is 14.3. The van der Waals surface area contributed by atoms with Gasteiger partial charge < -0.3 is 4.90 Å². The summed E-state index contributed by atoms with van der Waals surface area (Å²) in [6.07, 6.45) is 7.06. The molecule has 2 aromatic carbocycles. The smallest absolute Gasteiger partial charge is 0.247 e. The molecule has 1 fully saturated rings. The topological polar surface area (TPSA) is 33.2 Å². The first-order chi connectivity index (χ1) is 12.7. The van der Waals surface area contributed by atoms with Crippen LogP contribution in [0.4, 0.5) is 4.39 Å². The average Bonchev–Trinajstić information content (AvgIpc) is 3.16. The molecule has 1 aromatic heterocycles. The molecule has 3 nitrogen and oxygen atoms in total. The molecule has 4 heteroatoms. The molecule has 0 radical (unpaired) electrons. The van der Waals surface area contributed by atoms with Crippen LogP contribution < -0.4 is 0 Å². The molecule has 0 bridgehead atoms. The van der Waals surface area contributed by atoms with Crippen LogP contribution in [0.5, 0.6) is 0 Å². The Morgan fingerprint density at radius 2 is 1.92 bits per heavy atom. The van der Waals surface area contributed by atoms with E-state index in [0.717, 1.165) is 41.4 Å². The van der Waals surface area contributed by atoms with Crippen molar-refractivity contribution in [2.45, 2.75) is 18.9 Å². The quantitative estimate of drug-likeness (QED) is 0.641. The van der Waals surface area contributed by atoms with Gasteiger partial charge in [-0.15, -0.1) is 0 Å². The highest BCUT2D eigenvalue weighted by Crippen LogP contribution is 2.32. The van der Waals surface area contributed by atoms with E-state index in [1.165, 1.54) is 12.1 Å². The second-order valence-corrected chi connectivity index (χ2v) is 6.50. The lowest BCUT2D eigenvalue weighted by Crippen LogP contribution is -2.28. The molecule has 4 rings (SSSR count). The van der Waals surface area contributed by atoms with Crippen molar-refractivity contribution in [2.24, 2.45) is 0 Å². The zero-order chi connectivity index (χ0) is 17.9. The monoisotopic (exact) mass is 346 g/mol. The van der Waals surface area contributed by atoms with E-state index in [2.05, 4.69) is 4.98 Å². The number of carbonyl (C=O) groups is 1. The molecule has 1 amide bonds. The fourth-order valence-electron chi connectivity index (χ4n) is 3.58. The molecule has 0 N–H and O–H groups in total. The molecule has 2 heterocycles. The molecular formula is C22H19FN2O. The Balaban J connectivity index is 1.57. The maximum atomic E-state index is 13.2. The van der Waals surface area contributed by atoms with Crippen molar-refractivity contribution in [3.63, 3.8) is 0 Å². The van der Waals surface area contributed by atoms with Gasteiger partial charge in [0.1, 0.15) is 5.82 Å². The molecule has 1 aliphatic rings. The van der Waals surface area contributed by atoms with Crippen molar-refractivity contribution < 1.29 is 9.18 Å². The number of rotatable bonds is 3. The van der Waals surface area contributed by atoms with Gasteiger partial charge in [-0.25, -0.2) is 4.39 Å². The fourth-order valence-corrected chi connectivity index (χ4v) is 3.58. The average molecular weight is 346 g/mol. The van der Waals surface area contributed by atoms with E-state index in [1.807, 2.05) is 41.3 Å². The number of para-hydroxylation sites is 1. The second kappa shape index (κ2) is 7.08. The van der Waals surface area contributed by atoms with Crippen molar-refractivity contribution in [1.82, 2.24) is 9.88 Å². The number of hydrogen-bond donors (Lipinski definition) is 0. The summed E-state index contributed by atoms with van der Waals surface area (Å²) in [6.45, 7) is 0.721. The summed E-state index contributed by atoms with van der Waals surface area (Å²) in [7, 11) is 0. The molecule has 26 heavy (non-hydrogen) atoms. The van der Waals surface area contributed by atoms with Gasteiger partial charge in [0.25, 0.3) is 0 Å². The third kappa shape index (κ3) is 3.23. The highest BCUT2D eigenvalue weighted by atomic mass is 19.1. The van der Waals surface area contributed by atoms with E-state index in [-0.39, 0.29) is 17.8 Å². The Bertz CT molecular complexity index is 960. The minimum absolute atomic E-state index is 0.0124. The molecule has 1 aliphatic heterocycles. The van der Waals surface area contributed by atoms with Gasteiger partial charge in [0.2, 0.25) is 5.91 Å². The number of carbonyl (C=O) groups excluding carboxylic acids is 1. The minimum Gasteiger partial charge on any atom is -0.332 e. The summed E-state index contributed by atoms with van der Waals surface area (Å²) >= 11 is 0. The van der Waals surface area contributed by atoms with Gasteiger partial charge in [0.15, 0.2) is 0 Å². The van der Waals surface area contributed by atoms with Crippen LogP contribution in [-0.4, -0.2) is 22.3 Å². The first-order valence-corrected chi connectivity index (χ1v) is 8.80. The summed E-state index contributed by atoms with van der Waals surface area (Å²) in [4.78, 5) is 19.0. The third-order valence-corrected chi connectivity index (χ3v) is 4.86.